The highest BCUT2D eigenvalue weighted by Gasteiger charge is 2.13. The molecule has 0 amide bonds. The Morgan fingerprint density at radius 3 is 2.67 bits per heavy atom. The maximum Gasteiger partial charge on any atom is 0.185 e. The lowest BCUT2D eigenvalue weighted by Crippen LogP contribution is -2.02. The molecule has 0 unspecified atom stereocenters. The van der Waals surface area contributed by atoms with E-state index in [1.54, 1.807) is 32.4 Å². The SMILES string of the molecule is C=CCc1ccc(OC)c(C=CC(=O)C2=CCC(=S)C=C2)c1OC. The number of methoxy groups -OCH3 is 2. The molecule has 0 saturated heterocycles. The van der Waals surface area contributed by atoms with Crippen LogP contribution in [0.4, 0.5) is 0 Å². The summed E-state index contributed by atoms with van der Waals surface area (Å²) in [6.45, 7) is 3.76. The zero-order valence-corrected chi connectivity index (χ0v) is 14.7. The molecular formula is C20H20O3S. The normalized spacial score (nSPS) is 13.8. The summed E-state index contributed by atoms with van der Waals surface area (Å²) >= 11 is 5.09. The third kappa shape index (κ3) is 4.09. The second kappa shape index (κ2) is 8.41. The first-order valence-electron chi connectivity index (χ1n) is 7.59. The minimum Gasteiger partial charge on any atom is -0.496 e. The summed E-state index contributed by atoms with van der Waals surface area (Å²) in [5, 5.41) is 0. The van der Waals surface area contributed by atoms with Gasteiger partial charge in [-0.05, 0) is 36.3 Å². The Morgan fingerprint density at radius 1 is 1.29 bits per heavy atom. The van der Waals surface area contributed by atoms with Crippen molar-refractivity contribution in [2.45, 2.75) is 12.8 Å². The van der Waals surface area contributed by atoms with E-state index >= 15 is 0 Å². The van der Waals surface area contributed by atoms with E-state index in [2.05, 4.69) is 6.58 Å². The molecule has 0 heterocycles. The van der Waals surface area contributed by atoms with Gasteiger partial charge in [-0.1, -0.05) is 36.5 Å². The molecule has 1 aromatic rings. The molecule has 124 valence electrons. The van der Waals surface area contributed by atoms with E-state index < -0.39 is 0 Å². The molecule has 24 heavy (non-hydrogen) atoms. The van der Waals surface area contributed by atoms with Crippen LogP contribution in [0.2, 0.25) is 0 Å². The van der Waals surface area contributed by atoms with Crippen LogP contribution in [0.5, 0.6) is 11.5 Å². The quantitative estimate of drug-likeness (QED) is 0.422. The third-order valence-corrected chi connectivity index (χ3v) is 3.99. The number of allylic oxidation sites excluding steroid dienone is 6. The molecule has 1 aliphatic carbocycles. The Bertz CT molecular complexity index is 754. The first kappa shape index (κ1) is 17.9. The lowest BCUT2D eigenvalue weighted by atomic mass is 10.0. The molecule has 0 radical (unpaired) electrons. The van der Waals surface area contributed by atoms with Crippen LogP contribution in [0.25, 0.3) is 6.08 Å². The summed E-state index contributed by atoms with van der Waals surface area (Å²) in [4.78, 5) is 13.2. The topological polar surface area (TPSA) is 35.5 Å². The number of hydrogen-bond donors (Lipinski definition) is 0. The lowest BCUT2D eigenvalue weighted by molar-refractivity contribution is -0.111. The highest BCUT2D eigenvalue weighted by Crippen LogP contribution is 2.34. The molecule has 0 aromatic heterocycles. The van der Waals surface area contributed by atoms with Crippen LogP contribution in [0.15, 0.2) is 54.7 Å². The third-order valence-electron chi connectivity index (χ3n) is 3.68. The zero-order chi connectivity index (χ0) is 17.5. The summed E-state index contributed by atoms with van der Waals surface area (Å²) in [6, 6.07) is 3.80. The van der Waals surface area contributed by atoms with Crippen molar-refractivity contribution < 1.29 is 14.3 Å². The van der Waals surface area contributed by atoms with Crippen LogP contribution < -0.4 is 9.47 Å². The predicted octanol–water partition coefficient (Wildman–Crippen LogP) is 4.27. The van der Waals surface area contributed by atoms with E-state index in [1.165, 1.54) is 6.08 Å². The van der Waals surface area contributed by atoms with Crippen LogP contribution in [0.1, 0.15) is 17.5 Å². The Morgan fingerprint density at radius 2 is 2.08 bits per heavy atom. The van der Waals surface area contributed by atoms with Gasteiger partial charge in [-0.25, -0.2) is 0 Å². The molecule has 0 spiro atoms. The number of thiocarbonyl (C=S) groups is 1. The molecule has 2 rings (SSSR count). The number of ketones is 1. The van der Waals surface area contributed by atoms with Crippen molar-refractivity contribution in [2.75, 3.05) is 14.2 Å². The van der Waals surface area contributed by atoms with Crippen LogP contribution >= 0.6 is 12.2 Å². The molecule has 0 saturated carbocycles. The van der Waals surface area contributed by atoms with Gasteiger partial charge in [0.05, 0.1) is 19.8 Å². The van der Waals surface area contributed by atoms with Gasteiger partial charge in [-0.15, -0.1) is 6.58 Å². The Balaban J connectivity index is 2.35. The van der Waals surface area contributed by atoms with Crippen molar-refractivity contribution in [1.29, 1.82) is 0 Å². The van der Waals surface area contributed by atoms with Crippen molar-refractivity contribution in [3.05, 3.63) is 65.8 Å². The minimum atomic E-state index is -0.0769. The van der Waals surface area contributed by atoms with Gasteiger partial charge in [-0.2, -0.15) is 0 Å². The number of carbonyl (C=O) groups excluding carboxylic acids is 1. The molecule has 4 heteroatoms. The monoisotopic (exact) mass is 340 g/mol. The summed E-state index contributed by atoms with van der Waals surface area (Å²) in [5.41, 5.74) is 2.37. The number of rotatable bonds is 7. The van der Waals surface area contributed by atoms with Gasteiger partial charge < -0.3 is 9.47 Å². The number of ether oxygens (including phenoxy) is 2. The Labute approximate surface area is 148 Å². The van der Waals surface area contributed by atoms with Crippen LogP contribution in [-0.4, -0.2) is 24.9 Å². The van der Waals surface area contributed by atoms with Crippen molar-refractivity contribution in [3.63, 3.8) is 0 Å². The van der Waals surface area contributed by atoms with Gasteiger partial charge in [-0.3, -0.25) is 4.79 Å². The number of benzene rings is 1. The highest BCUT2D eigenvalue weighted by atomic mass is 32.1. The van der Waals surface area contributed by atoms with Crippen molar-refractivity contribution in [2.24, 2.45) is 0 Å². The first-order chi connectivity index (χ1) is 11.6. The Kier molecular flexibility index (Phi) is 6.27. The first-order valence-corrected chi connectivity index (χ1v) is 7.99. The molecule has 0 fully saturated rings. The fourth-order valence-corrected chi connectivity index (χ4v) is 2.64. The van der Waals surface area contributed by atoms with Crippen LogP contribution in [0.3, 0.4) is 0 Å². The molecule has 1 aliphatic rings. The maximum absolute atomic E-state index is 12.3. The molecule has 1 aromatic carbocycles. The minimum absolute atomic E-state index is 0.0769. The fraction of sp³-hybridized carbons (Fsp3) is 0.200. The van der Waals surface area contributed by atoms with Crippen molar-refractivity contribution in [1.82, 2.24) is 0 Å². The van der Waals surface area contributed by atoms with Crippen molar-refractivity contribution >= 4 is 28.9 Å². The summed E-state index contributed by atoms with van der Waals surface area (Å²) in [5.74, 6) is 1.26. The second-order valence-corrected chi connectivity index (χ2v) is 5.75. The lowest BCUT2D eigenvalue weighted by Gasteiger charge is -2.14. The molecule has 0 N–H and O–H groups in total. The van der Waals surface area contributed by atoms with E-state index in [-0.39, 0.29) is 5.78 Å². The zero-order valence-electron chi connectivity index (χ0n) is 13.9. The van der Waals surface area contributed by atoms with Gasteiger partial charge in [0.1, 0.15) is 11.5 Å². The summed E-state index contributed by atoms with van der Waals surface area (Å²) in [7, 11) is 3.20. The summed E-state index contributed by atoms with van der Waals surface area (Å²) in [6.07, 6.45) is 11.8. The van der Waals surface area contributed by atoms with Crippen LogP contribution in [0, 0.1) is 0 Å². The Hall–Kier alpha value is -2.46. The van der Waals surface area contributed by atoms with E-state index in [0.717, 1.165) is 16.0 Å². The van der Waals surface area contributed by atoms with Gasteiger partial charge in [0.15, 0.2) is 5.78 Å². The van der Waals surface area contributed by atoms with E-state index in [1.807, 2.05) is 24.3 Å². The van der Waals surface area contributed by atoms with Gasteiger partial charge in [0, 0.05) is 16.9 Å². The predicted molar refractivity (Wildman–Crippen MR) is 102 cm³/mol. The smallest absolute Gasteiger partial charge is 0.185 e. The average Bonchev–Trinajstić information content (AvgIpc) is 2.60. The molecule has 0 bridgehead atoms. The molecule has 3 nitrogen and oxygen atoms in total. The molecular weight excluding hydrogens is 320 g/mol. The highest BCUT2D eigenvalue weighted by molar-refractivity contribution is 7.80. The van der Waals surface area contributed by atoms with E-state index in [9.17, 15) is 4.79 Å². The van der Waals surface area contributed by atoms with Crippen LogP contribution in [-0.2, 0) is 11.2 Å². The van der Waals surface area contributed by atoms with E-state index in [0.29, 0.717) is 29.9 Å². The van der Waals surface area contributed by atoms with E-state index in [4.69, 9.17) is 21.7 Å². The number of hydrogen-bond acceptors (Lipinski definition) is 4. The molecule has 0 atom stereocenters. The van der Waals surface area contributed by atoms with Gasteiger partial charge in [0.2, 0.25) is 0 Å². The standard InChI is InChI=1S/C20H20O3S/c1-4-5-15-8-13-19(22-2)17(20(15)23-3)11-12-18(21)14-6-9-16(24)10-7-14/h4,6-9,11-13H,1,5,10H2,2-3H3. The average molecular weight is 340 g/mol. The summed E-state index contributed by atoms with van der Waals surface area (Å²) < 4.78 is 10.9. The largest absolute Gasteiger partial charge is 0.496 e. The number of carbonyl (C=O) groups is 1. The second-order valence-electron chi connectivity index (χ2n) is 5.23. The fourth-order valence-electron chi connectivity index (χ4n) is 2.49. The van der Waals surface area contributed by atoms with Gasteiger partial charge in [0.25, 0.3) is 0 Å². The van der Waals surface area contributed by atoms with Gasteiger partial charge >= 0.3 is 0 Å². The maximum atomic E-state index is 12.3. The van der Waals surface area contributed by atoms with Crippen molar-refractivity contribution in [3.8, 4) is 11.5 Å². The molecule has 0 aliphatic heterocycles.